The van der Waals surface area contributed by atoms with Gasteiger partial charge in [-0.25, -0.2) is 8.42 Å². The Hall–Kier alpha value is -1.42. The Kier molecular flexibility index (Phi) is 5.28. The number of hydrogen-bond acceptors (Lipinski definition) is 5. The van der Waals surface area contributed by atoms with Crippen molar-refractivity contribution in [3.63, 3.8) is 0 Å². The second-order valence-corrected chi connectivity index (χ2v) is 6.48. The van der Waals surface area contributed by atoms with Crippen LogP contribution in [0.25, 0.3) is 0 Å². The van der Waals surface area contributed by atoms with Gasteiger partial charge in [0.15, 0.2) is 0 Å². The molecule has 1 aromatic rings. The highest BCUT2D eigenvalue weighted by molar-refractivity contribution is 7.89. The van der Waals surface area contributed by atoms with Gasteiger partial charge in [-0.1, -0.05) is 0 Å². The first kappa shape index (κ1) is 16.6. The van der Waals surface area contributed by atoms with Crippen molar-refractivity contribution in [3.05, 3.63) is 18.0 Å². The van der Waals surface area contributed by atoms with Gasteiger partial charge >= 0.3 is 0 Å². The number of aryl methyl sites for hydroxylation is 1. The molecule has 0 aliphatic heterocycles. The van der Waals surface area contributed by atoms with E-state index >= 15 is 0 Å². The fraction of sp³-hybridized carbons (Fsp3) is 0.545. The number of nitrogens with two attached hydrogens (primary N) is 1. The summed E-state index contributed by atoms with van der Waals surface area (Å²) >= 11 is 0. The van der Waals surface area contributed by atoms with Gasteiger partial charge in [0, 0.05) is 33.9 Å². The lowest BCUT2D eigenvalue weighted by Crippen LogP contribution is -2.36. The van der Waals surface area contributed by atoms with Gasteiger partial charge in [0.1, 0.15) is 10.6 Å². The highest BCUT2D eigenvalue weighted by atomic mass is 32.2. The molecule has 1 heterocycles. The van der Waals surface area contributed by atoms with Crippen LogP contribution in [-0.4, -0.2) is 61.7 Å². The van der Waals surface area contributed by atoms with Crippen LogP contribution in [0.1, 0.15) is 10.5 Å². The lowest BCUT2D eigenvalue weighted by atomic mass is 10.4. The molecule has 1 rings (SSSR count). The topological polar surface area (TPSA) is 115 Å². The first-order valence-electron chi connectivity index (χ1n) is 5.79. The molecular weight excluding hydrogens is 286 g/mol. The van der Waals surface area contributed by atoms with Crippen molar-refractivity contribution in [1.82, 2.24) is 8.87 Å². The number of methoxy groups -OCH3 is 1. The van der Waals surface area contributed by atoms with E-state index in [1.54, 1.807) is 0 Å². The number of rotatable bonds is 7. The van der Waals surface area contributed by atoms with Gasteiger partial charge < -0.3 is 20.1 Å². The van der Waals surface area contributed by atoms with Gasteiger partial charge in [0.2, 0.25) is 10.0 Å². The molecule has 3 N–H and O–H groups in total. The fourth-order valence-corrected chi connectivity index (χ4v) is 3.02. The van der Waals surface area contributed by atoms with E-state index in [9.17, 15) is 18.3 Å². The highest BCUT2D eigenvalue weighted by Gasteiger charge is 2.25. The van der Waals surface area contributed by atoms with E-state index in [1.165, 1.54) is 38.0 Å². The zero-order valence-electron chi connectivity index (χ0n) is 11.6. The van der Waals surface area contributed by atoms with E-state index < -0.39 is 22.0 Å². The molecule has 0 aromatic carbocycles. The van der Waals surface area contributed by atoms with Crippen molar-refractivity contribution in [1.29, 1.82) is 0 Å². The standard InChI is InChI=1S/C11H19N3O5S/c1-13-6-9(4-10(13)11(12)16)20(17,18)14(2)5-8(15)7-19-3/h4,6,8,15H,5,7H2,1-3H3,(H2,12,16). The number of primary amides is 1. The first-order valence-corrected chi connectivity index (χ1v) is 7.23. The lowest BCUT2D eigenvalue weighted by Gasteiger charge is -2.19. The van der Waals surface area contributed by atoms with E-state index in [4.69, 9.17) is 10.5 Å². The predicted octanol–water partition coefficient (Wildman–Crippen LogP) is -1.25. The van der Waals surface area contributed by atoms with E-state index in [0.29, 0.717) is 0 Å². The van der Waals surface area contributed by atoms with E-state index in [2.05, 4.69) is 0 Å². The monoisotopic (exact) mass is 305 g/mol. The summed E-state index contributed by atoms with van der Waals surface area (Å²) in [5.41, 5.74) is 5.23. The number of amides is 1. The molecular formula is C11H19N3O5S. The van der Waals surface area contributed by atoms with Gasteiger partial charge in [-0.15, -0.1) is 0 Å². The normalized spacial score (nSPS) is 13.7. The summed E-state index contributed by atoms with van der Waals surface area (Å²) in [6.07, 6.45) is 0.369. The summed E-state index contributed by atoms with van der Waals surface area (Å²) in [5.74, 6) is -0.712. The smallest absolute Gasteiger partial charge is 0.265 e. The number of carbonyl (C=O) groups excluding carboxylic acids is 1. The molecule has 0 saturated carbocycles. The molecule has 0 aliphatic rings. The third-order valence-corrected chi connectivity index (χ3v) is 4.56. The zero-order valence-corrected chi connectivity index (χ0v) is 12.4. The predicted molar refractivity (Wildman–Crippen MR) is 71.6 cm³/mol. The summed E-state index contributed by atoms with van der Waals surface area (Å²) in [7, 11) is 0.478. The summed E-state index contributed by atoms with van der Waals surface area (Å²) < 4.78 is 31.6. The van der Waals surface area contributed by atoms with Gasteiger partial charge in [-0.3, -0.25) is 4.79 Å². The summed E-state index contributed by atoms with van der Waals surface area (Å²) in [5, 5.41) is 9.57. The maximum absolute atomic E-state index is 12.3. The molecule has 0 aliphatic carbocycles. The van der Waals surface area contributed by atoms with Crippen molar-refractivity contribution in [2.45, 2.75) is 11.0 Å². The number of aromatic nitrogens is 1. The molecule has 0 spiro atoms. The molecule has 0 radical (unpaired) electrons. The van der Waals surface area contributed by atoms with Crippen molar-refractivity contribution in [3.8, 4) is 0 Å². The minimum absolute atomic E-state index is 0.0290. The maximum atomic E-state index is 12.3. The molecule has 0 bridgehead atoms. The number of carbonyl (C=O) groups is 1. The summed E-state index contributed by atoms with van der Waals surface area (Å²) in [4.78, 5) is 11.1. The van der Waals surface area contributed by atoms with Crippen LogP contribution >= 0.6 is 0 Å². The van der Waals surface area contributed by atoms with Crippen LogP contribution in [0.3, 0.4) is 0 Å². The number of nitrogens with zero attached hydrogens (tertiary/aromatic N) is 2. The molecule has 1 amide bonds. The third-order valence-electron chi connectivity index (χ3n) is 2.77. The number of likely N-dealkylation sites (N-methyl/N-ethyl adjacent to an activating group) is 1. The van der Waals surface area contributed by atoms with Gasteiger partial charge in [0.25, 0.3) is 5.91 Å². The summed E-state index contributed by atoms with van der Waals surface area (Å²) in [6.45, 7) is -0.0852. The van der Waals surface area contributed by atoms with Crippen LogP contribution < -0.4 is 5.73 Å². The highest BCUT2D eigenvalue weighted by Crippen LogP contribution is 2.17. The zero-order chi connectivity index (χ0) is 15.5. The van der Waals surface area contributed by atoms with Crippen LogP contribution in [0.4, 0.5) is 0 Å². The molecule has 1 unspecified atom stereocenters. The Morgan fingerprint density at radius 2 is 2.20 bits per heavy atom. The minimum atomic E-state index is -3.80. The Labute approximate surface area is 117 Å². The largest absolute Gasteiger partial charge is 0.389 e. The van der Waals surface area contributed by atoms with E-state index in [-0.39, 0.29) is 23.7 Å². The van der Waals surface area contributed by atoms with Crippen molar-refractivity contribution in [2.24, 2.45) is 12.8 Å². The Bertz CT molecular complexity index is 581. The molecule has 0 saturated heterocycles. The van der Waals surface area contributed by atoms with Gasteiger partial charge in [-0.05, 0) is 6.07 Å². The van der Waals surface area contributed by atoms with Crippen molar-refractivity contribution >= 4 is 15.9 Å². The van der Waals surface area contributed by atoms with Crippen molar-refractivity contribution < 1.29 is 23.1 Å². The Morgan fingerprint density at radius 3 is 2.65 bits per heavy atom. The number of aliphatic hydroxyl groups is 1. The Balaban J connectivity index is 2.98. The van der Waals surface area contributed by atoms with Crippen LogP contribution in [0, 0.1) is 0 Å². The van der Waals surface area contributed by atoms with Gasteiger partial charge in [0.05, 0.1) is 12.7 Å². The maximum Gasteiger partial charge on any atom is 0.265 e. The molecule has 0 fully saturated rings. The van der Waals surface area contributed by atoms with Crippen molar-refractivity contribution in [2.75, 3.05) is 27.3 Å². The number of hydrogen-bond donors (Lipinski definition) is 2. The second kappa shape index (κ2) is 6.35. The number of sulfonamides is 1. The minimum Gasteiger partial charge on any atom is -0.389 e. The molecule has 114 valence electrons. The number of aliphatic hydroxyl groups excluding tert-OH is 1. The molecule has 8 nitrogen and oxygen atoms in total. The third kappa shape index (κ3) is 3.57. The molecule has 1 atom stereocenters. The second-order valence-electron chi connectivity index (χ2n) is 4.43. The lowest BCUT2D eigenvalue weighted by molar-refractivity contribution is 0.0554. The number of ether oxygens (including phenoxy) is 1. The van der Waals surface area contributed by atoms with Gasteiger partial charge in [-0.2, -0.15) is 4.31 Å². The molecule has 1 aromatic heterocycles. The summed E-state index contributed by atoms with van der Waals surface area (Å²) in [6, 6.07) is 1.21. The Morgan fingerprint density at radius 1 is 1.60 bits per heavy atom. The molecule has 20 heavy (non-hydrogen) atoms. The van der Waals surface area contributed by atoms with Crippen LogP contribution in [0.2, 0.25) is 0 Å². The van der Waals surface area contributed by atoms with E-state index in [1.807, 2.05) is 0 Å². The average Bonchev–Trinajstić information content (AvgIpc) is 2.72. The fourth-order valence-electron chi connectivity index (χ4n) is 1.74. The van der Waals surface area contributed by atoms with Crippen LogP contribution in [0.15, 0.2) is 17.2 Å². The quantitative estimate of drug-likeness (QED) is 0.653. The van der Waals surface area contributed by atoms with Crippen LogP contribution in [0.5, 0.6) is 0 Å². The van der Waals surface area contributed by atoms with Crippen LogP contribution in [-0.2, 0) is 21.8 Å². The molecule has 9 heteroatoms. The van der Waals surface area contributed by atoms with E-state index in [0.717, 1.165) is 4.31 Å². The SMILES string of the molecule is COCC(O)CN(C)S(=O)(=O)c1cc(C(N)=O)n(C)c1. The first-order chi connectivity index (χ1) is 9.20. The average molecular weight is 305 g/mol.